The molecule has 2 aliphatic heterocycles. The normalized spacial score (nSPS) is 19.9. The molecule has 0 aliphatic carbocycles. The maximum atomic E-state index is 13.5. The summed E-state index contributed by atoms with van der Waals surface area (Å²) in [5.74, 6) is -5.23. The van der Waals surface area contributed by atoms with Gasteiger partial charge in [-0.1, -0.05) is 18.2 Å². The zero-order valence-corrected chi connectivity index (χ0v) is 17.2. The van der Waals surface area contributed by atoms with Crippen molar-refractivity contribution in [3.8, 4) is 0 Å². The molecule has 1 atom stereocenters. The summed E-state index contributed by atoms with van der Waals surface area (Å²) in [5.41, 5.74) is 2.06. The molecule has 31 heavy (non-hydrogen) atoms. The first kappa shape index (κ1) is 23.2. The number of hydrogen-bond donors (Lipinski definition) is 2. The highest BCUT2D eigenvalue weighted by molar-refractivity contribution is 5.94. The average molecular weight is 444 g/mol. The topological polar surface area (TPSA) is 61.0 Å². The van der Waals surface area contributed by atoms with Gasteiger partial charge in [-0.25, -0.2) is 8.78 Å². The van der Waals surface area contributed by atoms with Gasteiger partial charge in [0, 0.05) is 43.9 Å². The number of carbonyl (C=O) groups excluding carboxylic acids is 1. The maximum Gasteiger partial charge on any atom is 0.395 e. The van der Waals surface area contributed by atoms with Crippen LogP contribution in [0.3, 0.4) is 0 Å². The Morgan fingerprint density at radius 3 is 2.55 bits per heavy atom. The van der Waals surface area contributed by atoms with Gasteiger partial charge in [-0.15, -0.1) is 0 Å². The number of nitrogens with one attached hydrogen (secondary N) is 2. The minimum atomic E-state index is -4.52. The number of amides is 1. The molecule has 0 saturated carbocycles. The third-order valence-corrected chi connectivity index (χ3v) is 5.93. The van der Waals surface area contributed by atoms with E-state index in [1.165, 1.54) is 0 Å². The summed E-state index contributed by atoms with van der Waals surface area (Å²) in [7, 11) is 0. The Kier molecular flexibility index (Phi) is 6.98. The van der Waals surface area contributed by atoms with Crippen LogP contribution in [0.5, 0.6) is 0 Å². The zero-order chi connectivity index (χ0) is 22.8. The first-order valence-electron chi connectivity index (χ1n) is 10.1. The van der Waals surface area contributed by atoms with Crippen LogP contribution in [-0.2, 0) is 13.0 Å². The molecule has 1 fully saturated rings. The molecule has 2 aliphatic rings. The summed E-state index contributed by atoms with van der Waals surface area (Å²) < 4.78 is 66.4. The van der Waals surface area contributed by atoms with Crippen molar-refractivity contribution in [2.24, 2.45) is 11.8 Å². The number of halogens is 5. The summed E-state index contributed by atoms with van der Waals surface area (Å²) >= 11 is 0. The molecule has 2 N–H and O–H groups in total. The van der Waals surface area contributed by atoms with Gasteiger partial charge in [0.25, 0.3) is 5.91 Å². The Balaban J connectivity index is 1.74. The molecule has 3 heterocycles. The zero-order valence-electron chi connectivity index (χ0n) is 17.2. The minimum absolute atomic E-state index is 0.0302. The van der Waals surface area contributed by atoms with E-state index >= 15 is 0 Å². The molecule has 0 radical (unpaired) electrons. The highest BCUT2D eigenvalue weighted by Crippen LogP contribution is 2.39. The number of nitrogens with zero attached hydrogens (tertiary/aromatic N) is 2. The highest BCUT2D eigenvalue weighted by Gasteiger charge is 2.41. The molecule has 1 aromatic heterocycles. The lowest BCUT2D eigenvalue weighted by molar-refractivity contribution is -0.161. The molecular weight excluding hydrogens is 419 g/mol. The number of alkyl halides is 3. The molecule has 0 aromatic carbocycles. The Labute approximate surface area is 177 Å². The summed E-state index contributed by atoms with van der Waals surface area (Å²) in [6.45, 7) is 5.65. The van der Waals surface area contributed by atoms with E-state index in [4.69, 9.17) is 0 Å². The largest absolute Gasteiger partial charge is 0.395 e. The van der Waals surface area contributed by atoms with Gasteiger partial charge in [-0.05, 0) is 31.8 Å². The average Bonchev–Trinajstić information content (AvgIpc) is 3.17. The fraction of sp³-hybridized carbons (Fsp3) is 0.524. The lowest BCUT2D eigenvalue weighted by atomic mass is 9.81. The monoisotopic (exact) mass is 444 g/mol. The van der Waals surface area contributed by atoms with E-state index in [1.807, 2.05) is 0 Å². The summed E-state index contributed by atoms with van der Waals surface area (Å²) in [4.78, 5) is 14.5. The second-order valence-corrected chi connectivity index (χ2v) is 7.87. The van der Waals surface area contributed by atoms with Gasteiger partial charge in [-0.2, -0.15) is 18.3 Å². The smallest absolute Gasteiger partial charge is 0.337 e. The van der Waals surface area contributed by atoms with Crippen LogP contribution in [0, 0.1) is 11.8 Å². The van der Waals surface area contributed by atoms with Crippen LogP contribution in [-0.4, -0.2) is 46.8 Å². The Morgan fingerprint density at radius 1 is 1.26 bits per heavy atom. The summed E-state index contributed by atoms with van der Waals surface area (Å²) in [5, 5.41) is 10.2. The lowest BCUT2D eigenvalue weighted by Crippen LogP contribution is -2.41. The Bertz CT molecular complexity index is 894. The Hall–Kier alpha value is -2.49. The first-order valence-corrected chi connectivity index (χ1v) is 10.1. The minimum Gasteiger partial charge on any atom is -0.337 e. The second-order valence-electron chi connectivity index (χ2n) is 7.87. The molecule has 0 bridgehead atoms. The first-order chi connectivity index (χ1) is 14.6. The summed E-state index contributed by atoms with van der Waals surface area (Å²) in [6.07, 6.45) is -1.52. The van der Waals surface area contributed by atoms with E-state index in [0.29, 0.717) is 18.3 Å². The van der Waals surface area contributed by atoms with Crippen LogP contribution in [0.25, 0.3) is 0 Å². The molecular formula is C21H25F5N4O. The molecule has 1 amide bonds. The van der Waals surface area contributed by atoms with Crippen molar-refractivity contribution in [1.82, 2.24) is 20.4 Å². The maximum absolute atomic E-state index is 13.5. The molecule has 170 valence electrons. The second kappa shape index (κ2) is 9.33. The van der Waals surface area contributed by atoms with Crippen molar-refractivity contribution >= 4 is 5.91 Å². The predicted molar refractivity (Wildman–Crippen MR) is 105 cm³/mol. The SMILES string of the molecule is C=C(F)/C(F)=C\C=C(\C1CCN(C(=O)c2n[nH]c3c2CNCC3)CC1)C(C)C(F)(F)F. The van der Waals surface area contributed by atoms with E-state index in [9.17, 15) is 26.7 Å². The van der Waals surface area contributed by atoms with Crippen LogP contribution in [0.1, 0.15) is 41.5 Å². The van der Waals surface area contributed by atoms with E-state index in [2.05, 4.69) is 22.1 Å². The molecule has 3 rings (SSSR count). The Morgan fingerprint density at radius 2 is 1.94 bits per heavy atom. The van der Waals surface area contributed by atoms with Crippen molar-refractivity contribution in [2.45, 2.75) is 38.9 Å². The molecule has 1 saturated heterocycles. The number of hydrogen-bond acceptors (Lipinski definition) is 3. The van der Waals surface area contributed by atoms with Crippen LogP contribution in [0.15, 0.2) is 36.0 Å². The van der Waals surface area contributed by atoms with Crippen molar-refractivity contribution in [2.75, 3.05) is 19.6 Å². The van der Waals surface area contributed by atoms with Crippen molar-refractivity contribution < 1.29 is 26.7 Å². The van der Waals surface area contributed by atoms with Crippen molar-refractivity contribution in [3.63, 3.8) is 0 Å². The van der Waals surface area contributed by atoms with Crippen LogP contribution in [0.4, 0.5) is 22.0 Å². The molecule has 0 spiro atoms. The molecule has 10 heteroatoms. The fourth-order valence-corrected chi connectivity index (χ4v) is 4.05. The number of H-pyrrole nitrogens is 1. The number of aromatic amines is 1. The van der Waals surface area contributed by atoms with E-state index in [-0.39, 0.29) is 37.4 Å². The lowest BCUT2D eigenvalue weighted by Gasteiger charge is -2.35. The molecule has 1 unspecified atom stereocenters. The van der Waals surface area contributed by atoms with Gasteiger partial charge < -0.3 is 10.2 Å². The number of carbonyl (C=O) groups is 1. The van der Waals surface area contributed by atoms with E-state index in [1.54, 1.807) is 4.90 Å². The van der Waals surface area contributed by atoms with Gasteiger partial charge in [0.15, 0.2) is 17.3 Å². The van der Waals surface area contributed by atoms with Crippen LogP contribution >= 0.6 is 0 Å². The van der Waals surface area contributed by atoms with Gasteiger partial charge in [0.1, 0.15) is 0 Å². The van der Waals surface area contributed by atoms with Crippen LogP contribution < -0.4 is 5.32 Å². The third-order valence-electron chi connectivity index (χ3n) is 5.93. The van der Waals surface area contributed by atoms with Crippen LogP contribution in [0.2, 0.25) is 0 Å². The van der Waals surface area contributed by atoms with Gasteiger partial charge in [0.05, 0.1) is 5.92 Å². The number of fused-ring (bicyclic) bond motifs is 1. The number of aromatic nitrogens is 2. The standard InChI is InChI=1S/C21H25F5N4O/c1-12(21(24,25)26)15(3-4-17(23)13(2)22)14-6-9-30(10-7-14)20(31)19-16-11-27-8-5-18(16)28-29-19/h3-4,12,14,27H,2,5-11H2,1H3,(H,28,29)/b15-3+,17-4+. The molecule has 5 nitrogen and oxygen atoms in total. The quantitative estimate of drug-likeness (QED) is 0.524. The van der Waals surface area contributed by atoms with Gasteiger partial charge in [0.2, 0.25) is 0 Å². The fourth-order valence-electron chi connectivity index (χ4n) is 4.05. The number of rotatable bonds is 5. The predicted octanol–water partition coefficient (Wildman–Crippen LogP) is 4.37. The third kappa shape index (κ3) is 5.23. The molecule has 1 aromatic rings. The van der Waals surface area contributed by atoms with E-state index in [0.717, 1.165) is 37.2 Å². The summed E-state index contributed by atoms with van der Waals surface area (Å²) in [6, 6.07) is 0. The van der Waals surface area contributed by atoms with Crippen molar-refractivity contribution in [3.05, 3.63) is 52.9 Å². The number of likely N-dealkylation sites (tertiary alicyclic amines) is 1. The number of allylic oxidation sites excluding steroid dienone is 5. The number of piperidine rings is 1. The van der Waals surface area contributed by atoms with Gasteiger partial charge >= 0.3 is 6.18 Å². The van der Waals surface area contributed by atoms with Crippen molar-refractivity contribution in [1.29, 1.82) is 0 Å². The highest BCUT2D eigenvalue weighted by atomic mass is 19.4. The van der Waals surface area contributed by atoms with E-state index < -0.39 is 29.7 Å². The van der Waals surface area contributed by atoms with Gasteiger partial charge in [-0.3, -0.25) is 9.89 Å².